The van der Waals surface area contributed by atoms with Gasteiger partial charge in [0.15, 0.2) is 0 Å². The summed E-state index contributed by atoms with van der Waals surface area (Å²) < 4.78 is 1.57. The Bertz CT molecular complexity index is 548. The second-order valence-electron chi connectivity index (χ2n) is 3.25. The highest BCUT2D eigenvalue weighted by Gasteiger charge is 2.03. The maximum Gasteiger partial charge on any atom is 0.263 e. The van der Waals surface area contributed by atoms with Crippen LogP contribution in [0.5, 0.6) is 0 Å². The summed E-state index contributed by atoms with van der Waals surface area (Å²) in [6.07, 6.45) is 3.04. The first-order chi connectivity index (χ1) is 8.72. The van der Waals surface area contributed by atoms with Crippen molar-refractivity contribution in [3.63, 3.8) is 0 Å². The zero-order valence-corrected chi connectivity index (χ0v) is 12.2. The summed E-state index contributed by atoms with van der Waals surface area (Å²) in [7, 11) is 1.74. The Labute approximate surface area is 126 Å². The number of nitrogens with one attached hydrogen (secondary N) is 2. The Morgan fingerprint density at radius 1 is 1.32 bits per heavy atom. The van der Waals surface area contributed by atoms with Crippen LogP contribution in [0.4, 0.5) is 5.95 Å². The van der Waals surface area contributed by atoms with Gasteiger partial charge in [0.05, 0.1) is 16.3 Å². The zero-order chi connectivity index (χ0) is 13.0. The molecule has 0 saturated carbocycles. The lowest BCUT2D eigenvalue weighted by Crippen LogP contribution is -2.10. The Balaban J connectivity index is 0.00000180. The summed E-state index contributed by atoms with van der Waals surface area (Å²) in [4.78, 5) is 0. The number of hydrogen-bond acceptors (Lipinski definition) is 5. The number of anilines is 1. The van der Waals surface area contributed by atoms with E-state index in [1.807, 2.05) is 0 Å². The largest absolute Gasteiger partial charge is 0.325 e. The highest BCUT2D eigenvalue weighted by atomic mass is 35.5. The Kier molecular flexibility index (Phi) is 5.88. The van der Waals surface area contributed by atoms with Gasteiger partial charge in [-0.3, -0.25) is 0 Å². The molecule has 6 nitrogen and oxygen atoms in total. The van der Waals surface area contributed by atoms with Crippen LogP contribution in [0.25, 0.3) is 0 Å². The molecule has 1 aromatic heterocycles. The van der Waals surface area contributed by atoms with Crippen molar-refractivity contribution < 1.29 is 0 Å². The minimum atomic E-state index is 0. The fourth-order valence-corrected chi connectivity index (χ4v) is 1.76. The Morgan fingerprint density at radius 3 is 2.63 bits per heavy atom. The third-order valence-corrected chi connectivity index (χ3v) is 2.81. The maximum absolute atomic E-state index is 6.00. The zero-order valence-electron chi connectivity index (χ0n) is 9.84. The number of hydrazone groups is 1. The summed E-state index contributed by atoms with van der Waals surface area (Å²) in [5.74, 6) is 0.455. The minimum absolute atomic E-state index is 0. The monoisotopic (exact) mass is 320 g/mol. The van der Waals surface area contributed by atoms with E-state index in [1.165, 1.54) is 12.5 Å². The lowest BCUT2D eigenvalue weighted by Gasteiger charge is -2.03. The van der Waals surface area contributed by atoms with Gasteiger partial charge in [0.2, 0.25) is 0 Å². The summed E-state index contributed by atoms with van der Waals surface area (Å²) in [5, 5.41) is 12.6. The van der Waals surface area contributed by atoms with Gasteiger partial charge in [-0.1, -0.05) is 29.3 Å². The van der Waals surface area contributed by atoms with Crippen molar-refractivity contribution in [2.24, 2.45) is 5.10 Å². The molecule has 0 amide bonds. The normalized spacial score (nSPS) is 10.3. The second kappa shape index (κ2) is 7.18. The van der Waals surface area contributed by atoms with Crippen molar-refractivity contribution in [1.82, 2.24) is 14.9 Å². The van der Waals surface area contributed by atoms with Crippen molar-refractivity contribution in [2.75, 3.05) is 17.9 Å². The Hall–Kier alpha value is -1.50. The predicted molar refractivity (Wildman–Crippen MR) is 80.2 cm³/mol. The molecule has 0 bridgehead atoms. The van der Waals surface area contributed by atoms with Crippen LogP contribution < -0.4 is 10.9 Å². The molecule has 0 aliphatic heterocycles. The van der Waals surface area contributed by atoms with E-state index in [0.717, 1.165) is 0 Å². The minimum Gasteiger partial charge on any atom is -0.325 e. The van der Waals surface area contributed by atoms with E-state index in [4.69, 9.17) is 23.2 Å². The van der Waals surface area contributed by atoms with Gasteiger partial charge in [-0.2, -0.15) is 5.10 Å². The molecular weight excluding hydrogens is 311 g/mol. The number of nitrogens with zero attached hydrogens (tertiary/aromatic N) is 4. The van der Waals surface area contributed by atoms with Gasteiger partial charge in [0.1, 0.15) is 6.33 Å². The second-order valence-corrected chi connectivity index (χ2v) is 4.07. The van der Waals surface area contributed by atoms with E-state index in [2.05, 4.69) is 26.2 Å². The van der Waals surface area contributed by atoms with Crippen molar-refractivity contribution in [2.45, 2.75) is 0 Å². The quantitative estimate of drug-likeness (QED) is 0.671. The van der Waals surface area contributed by atoms with E-state index < -0.39 is 0 Å². The standard InChI is InChI=1S/C10H10Cl2N6.ClH/c1-13-18-6-15-17-10(18)16-14-5-7-8(11)3-2-4-9(7)12;/h2-6,13H,1H3,(H,16,17);1H. The molecule has 0 unspecified atom stereocenters. The van der Waals surface area contributed by atoms with Crippen molar-refractivity contribution in [3.8, 4) is 0 Å². The number of halogens is 3. The molecule has 0 aliphatic rings. The first-order valence-electron chi connectivity index (χ1n) is 5.03. The fourth-order valence-electron chi connectivity index (χ4n) is 1.26. The maximum atomic E-state index is 6.00. The first-order valence-corrected chi connectivity index (χ1v) is 5.79. The molecule has 0 spiro atoms. The lowest BCUT2D eigenvalue weighted by atomic mass is 10.2. The van der Waals surface area contributed by atoms with Crippen LogP contribution in [0.3, 0.4) is 0 Å². The van der Waals surface area contributed by atoms with Crippen molar-refractivity contribution in [1.29, 1.82) is 0 Å². The summed E-state index contributed by atoms with van der Waals surface area (Å²) in [6.45, 7) is 0. The lowest BCUT2D eigenvalue weighted by molar-refractivity contribution is 0.919. The predicted octanol–water partition coefficient (Wildman–Crippen LogP) is 2.63. The number of benzene rings is 1. The molecule has 0 aliphatic carbocycles. The van der Waals surface area contributed by atoms with Crippen LogP contribution in [-0.4, -0.2) is 28.1 Å². The van der Waals surface area contributed by atoms with Crippen LogP contribution >= 0.6 is 35.6 Å². The van der Waals surface area contributed by atoms with Crippen LogP contribution in [-0.2, 0) is 0 Å². The molecule has 0 radical (unpaired) electrons. The van der Waals surface area contributed by atoms with Gasteiger partial charge < -0.3 is 5.43 Å². The SMILES string of the molecule is CNn1cnnc1NN=Cc1c(Cl)cccc1Cl.Cl. The summed E-state index contributed by atoms with van der Waals surface area (Å²) in [6, 6.07) is 5.25. The van der Waals surface area contributed by atoms with Gasteiger partial charge in [-0.25, -0.2) is 10.1 Å². The van der Waals surface area contributed by atoms with Crippen LogP contribution in [0.15, 0.2) is 29.6 Å². The van der Waals surface area contributed by atoms with Crippen molar-refractivity contribution in [3.05, 3.63) is 40.1 Å². The number of rotatable bonds is 4. The molecule has 1 heterocycles. The molecule has 0 saturated heterocycles. The number of hydrogen-bond donors (Lipinski definition) is 2. The van der Waals surface area contributed by atoms with E-state index in [1.54, 1.807) is 29.9 Å². The Morgan fingerprint density at radius 2 is 2.00 bits per heavy atom. The van der Waals surface area contributed by atoms with Gasteiger partial charge in [0.25, 0.3) is 5.95 Å². The average Bonchev–Trinajstić information content (AvgIpc) is 2.80. The number of aromatic nitrogens is 3. The van der Waals surface area contributed by atoms with E-state index in [9.17, 15) is 0 Å². The van der Waals surface area contributed by atoms with E-state index in [0.29, 0.717) is 21.6 Å². The van der Waals surface area contributed by atoms with Gasteiger partial charge in [-0.05, 0) is 12.1 Å². The summed E-state index contributed by atoms with van der Waals surface area (Å²) >= 11 is 12.0. The molecule has 9 heteroatoms. The highest BCUT2D eigenvalue weighted by molar-refractivity contribution is 6.38. The smallest absolute Gasteiger partial charge is 0.263 e. The summed E-state index contributed by atoms with van der Waals surface area (Å²) in [5.41, 5.74) is 6.22. The molecule has 102 valence electrons. The molecule has 0 atom stereocenters. The van der Waals surface area contributed by atoms with Gasteiger partial charge >= 0.3 is 0 Å². The van der Waals surface area contributed by atoms with Crippen molar-refractivity contribution >= 4 is 47.8 Å². The van der Waals surface area contributed by atoms with Crippen LogP contribution in [0, 0.1) is 0 Å². The molecular formula is C10H11Cl3N6. The van der Waals surface area contributed by atoms with Gasteiger partial charge in [0, 0.05) is 12.6 Å². The molecule has 2 aromatic rings. The van der Waals surface area contributed by atoms with E-state index >= 15 is 0 Å². The van der Waals surface area contributed by atoms with E-state index in [-0.39, 0.29) is 12.4 Å². The van der Waals surface area contributed by atoms with Crippen LogP contribution in [0.1, 0.15) is 5.56 Å². The molecule has 19 heavy (non-hydrogen) atoms. The first kappa shape index (κ1) is 15.6. The molecule has 2 N–H and O–H groups in total. The fraction of sp³-hybridized carbons (Fsp3) is 0.100. The molecule has 2 rings (SSSR count). The van der Waals surface area contributed by atoms with Crippen LogP contribution in [0.2, 0.25) is 10.0 Å². The average molecular weight is 322 g/mol. The molecule has 1 aromatic carbocycles. The topological polar surface area (TPSA) is 67.1 Å². The third-order valence-electron chi connectivity index (χ3n) is 2.15. The van der Waals surface area contributed by atoms with Gasteiger partial charge in [-0.15, -0.1) is 22.6 Å². The third kappa shape index (κ3) is 3.73. The highest BCUT2D eigenvalue weighted by Crippen LogP contribution is 2.22. The molecule has 0 fully saturated rings.